The number of imidazole rings is 1. The molecule has 2 heterocycles. The van der Waals surface area contributed by atoms with Gasteiger partial charge in [-0.25, -0.2) is 13.8 Å². The third-order valence-electron chi connectivity index (χ3n) is 3.95. The highest BCUT2D eigenvalue weighted by atomic mass is 19.2. The van der Waals surface area contributed by atoms with Gasteiger partial charge in [0.1, 0.15) is 11.5 Å². The first-order chi connectivity index (χ1) is 12.3. The van der Waals surface area contributed by atoms with Crippen LogP contribution >= 0.6 is 0 Å². The van der Waals surface area contributed by atoms with Gasteiger partial charge in [-0.2, -0.15) is 0 Å². The molecule has 0 spiro atoms. The Kier molecular flexibility index (Phi) is 4.83. The summed E-state index contributed by atoms with van der Waals surface area (Å²) in [6, 6.07) is 3.69. The van der Waals surface area contributed by atoms with Crippen LogP contribution in [0.25, 0.3) is 6.08 Å². The van der Waals surface area contributed by atoms with E-state index < -0.39 is 11.6 Å². The zero-order chi connectivity index (χ0) is 18.8. The van der Waals surface area contributed by atoms with E-state index in [4.69, 9.17) is 0 Å². The van der Waals surface area contributed by atoms with Crippen molar-refractivity contribution < 1.29 is 18.4 Å². The smallest absolute Gasteiger partial charge is 0.268 e. The fraction of sp³-hybridized carbons (Fsp3) is 0.278. The summed E-state index contributed by atoms with van der Waals surface area (Å²) in [5.74, 6) is -1.88. The Morgan fingerprint density at radius 1 is 1.23 bits per heavy atom. The standard InChI is InChI=1S/C18H18F2N4O2/c1-9(2)17-13(7-14-18(26)21-8-16(25)23-14)22-15(24-17)6-10-3-4-11(19)12(20)5-10/h3-5,7,9H,6,8H2,1-2H3,(H,21,26)(H,22,24)(H,23,25). The van der Waals surface area contributed by atoms with Crippen LogP contribution in [0.3, 0.4) is 0 Å². The summed E-state index contributed by atoms with van der Waals surface area (Å²) in [6.07, 6.45) is 1.78. The number of piperazine rings is 1. The number of hydrogen-bond donors (Lipinski definition) is 3. The second kappa shape index (κ2) is 7.07. The van der Waals surface area contributed by atoms with Gasteiger partial charge in [0.25, 0.3) is 5.91 Å². The molecule has 2 aromatic rings. The predicted molar refractivity (Wildman–Crippen MR) is 91.0 cm³/mol. The van der Waals surface area contributed by atoms with E-state index in [1.165, 1.54) is 12.1 Å². The van der Waals surface area contributed by atoms with Crippen molar-refractivity contribution in [2.24, 2.45) is 0 Å². The number of H-pyrrole nitrogens is 1. The van der Waals surface area contributed by atoms with Gasteiger partial charge in [-0.3, -0.25) is 9.59 Å². The molecule has 136 valence electrons. The number of nitrogens with zero attached hydrogens (tertiary/aromatic N) is 1. The van der Waals surface area contributed by atoms with Crippen LogP contribution in [-0.4, -0.2) is 28.3 Å². The number of carbonyl (C=O) groups excluding carboxylic acids is 2. The van der Waals surface area contributed by atoms with Crippen LogP contribution in [0.5, 0.6) is 0 Å². The van der Waals surface area contributed by atoms with Gasteiger partial charge >= 0.3 is 0 Å². The number of aromatic nitrogens is 2. The van der Waals surface area contributed by atoms with Crippen LogP contribution in [0.15, 0.2) is 23.9 Å². The molecule has 2 amide bonds. The highest BCUT2D eigenvalue weighted by molar-refractivity contribution is 6.05. The van der Waals surface area contributed by atoms with Gasteiger partial charge in [0, 0.05) is 12.1 Å². The number of amides is 2. The number of halogens is 2. The van der Waals surface area contributed by atoms with Crippen molar-refractivity contribution >= 4 is 17.9 Å². The molecule has 6 nitrogen and oxygen atoms in total. The zero-order valence-electron chi connectivity index (χ0n) is 14.3. The summed E-state index contributed by atoms with van der Waals surface area (Å²) >= 11 is 0. The molecule has 0 bridgehead atoms. The fourth-order valence-electron chi connectivity index (χ4n) is 2.68. The normalized spacial score (nSPS) is 16.1. The van der Waals surface area contributed by atoms with Crippen molar-refractivity contribution in [3.63, 3.8) is 0 Å². The molecule has 3 rings (SSSR count). The lowest BCUT2D eigenvalue weighted by atomic mass is 10.1. The minimum absolute atomic E-state index is 0.0604. The Labute approximate surface area is 148 Å². The predicted octanol–water partition coefficient (Wildman–Crippen LogP) is 1.99. The molecule has 8 heteroatoms. The van der Waals surface area contributed by atoms with E-state index in [0.29, 0.717) is 17.1 Å². The van der Waals surface area contributed by atoms with E-state index in [9.17, 15) is 18.4 Å². The molecule has 1 aliphatic heterocycles. The molecule has 0 saturated carbocycles. The van der Waals surface area contributed by atoms with Crippen molar-refractivity contribution in [1.82, 2.24) is 20.6 Å². The van der Waals surface area contributed by atoms with Gasteiger partial charge in [-0.1, -0.05) is 19.9 Å². The monoisotopic (exact) mass is 360 g/mol. The second-order valence-corrected chi connectivity index (χ2v) is 6.35. The van der Waals surface area contributed by atoms with Crippen molar-refractivity contribution in [2.45, 2.75) is 26.2 Å². The lowest BCUT2D eigenvalue weighted by Crippen LogP contribution is -2.46. The Bertz CT molecular complexity index is 903. The molecular formula is C18H18F2N4O2. The van der Waals surface area contributed by atoms with Crippen LogP contribution in [-0.2, 0) is 16.0 Å². The quantitative estimate of drug-likeness (QED) is 0.729. The Morgan fingerprint density at radius 2 is 2.00 bits per heavy atom. The van der Waals surface area contributed by atoms with Crippen molar-refractivity contribution in [2.75, 3.05) is 6.54 Å². The highest BCUT2D eigenvalue weighted by Crippen LogP contribution is 2.21. The SMILES string of the molecule is CC(C)c1[nH]c(Cc2ccc(F)c(F)c2)nc1C=C1NC(=O)CNC1=O. The first-order valence-corrected chi connectivity index (χ1v) is 8.16. The summed E-state index contributed by atoms with van der Waals surface area (Å²) < 4.78 is 26.4. The van der Waals surface area contributed by atoms with Crippen LogP contribution in [0.2, 0.25) is 0 Å². The van der Waals surface area contributed by atoms with E-state index >= 15 is 0 Å². The maximum atomic E-state index is 13.4. The number of hydrogen-bond acceptors (Lipinski definition) is 3. The number of carbonyl (C=O) groups is 2. The van der Waals surface area contributed by atoms with E-state index in [2.05, 4.69) is 20.6 Å². The molecule has 1 saturated heterocycles. The van der Waals surface area contributed by atoms with E-state index in [1.807, 2.05) is 13.8 Å². The largest absolute Gasteiger partial charge is 0.345 e. The van der Waals surface area contributed by atoms with Crippen molar-refractivity contribution in [3.05, 3.63) is 58.3 Å². The molecule has 1 aromatic carbocycles. The number of nitrogens with one attached hydrogen (secondary N) is 3. The maximum Gasteiger partial charge on any atom is 0.268 e. The summed E-state index contributed by atoms with van der Waals surface area (Å²) in [6.45, 7) is 3.85. The topological polar surface area (TPSA) is 86.9 Å². The summed E-state index contributed by atoms with van der Waals surface area (Å²) in [5, 5.41) is 4.99. The summed E-state index contributed by atoms with van der Waals surface area (Å²) in [4.78, 5) is 31.0. The van der Waals surface area contributed by atoms with Crippen LogP contribution < -0.4 is 10.6 Å². The van der Waals surface area contributed by atoms with Gasteiger partial charge in [-0.05, 0) is 29.7 Å². The molecule has 1 aromatic heterocycles. The highest BCUT2D eigenvalue weighted by Gasteiger charge is 2.21. The second-order valence-electron chi connectivity index (χ2n) is 6.35. The molecule has 1 aliphatic rings. The first-order valence-electron chi connectivity index (χ1n) is 8.16. The van der Waals surface area contributed by atoms with E-state index in [-0.39, 0.29) is 36.4 Å². The first kappa shape index (κ1) is 17.8. The Hall–Kier alpha value is -3.03. The van der Waals surface area contributed by atoms with Crippen molar-refractivity contribution in [1.29, 1.82) is 0 Å². The molecule has 26 heavy (non-hydrogen) atoms. The lowest BCUT2D eigenvalue weighted by Gasteiger charge is -2.15. The number of benzene rings is 1. The van der Waals surface area contributed by atoms with Crippen LogP contribution in [0.4, 0.5) is 8.78 Å². The summed E-state index contributed by atoms with van der Waals surface area (Å²) in [7, 11) is 0. The zero-order valence-corrected chi connectivity index (χ0v) is 14.3. The van der Waals surface area contributed by atoms with Crippen LogP contribution in [0.1, 0.15) is 42.5 Å². The maximum absolute atomic E-state index is 13.4. The minimum Gasteiger partial charge on any atom is -0.345 e. The lowest BCUT2D eigenvalue weighted by molar-refractivity contribution is -0.127. The van der Waals surface area contributed by atoms with Gasteiger partial charge in [0.15, 0.2) is 11.6 Å². The molecular weight excluding hydrogens is 342 g/mol. The third-order valence-corrected chi connectivity index (χ3v) is 3.95. The van der Waals surface area contributed by atoms with Gasteiger partial charge < -0.3 is 15.6 Å². The minimum atomic E-state index is -0.915. The van der Waals surface area contributed by atoms with Crippen molar-refractivity contribution in [3.8, 4) is 0 Å². The van der Waals surface area contributed by atoms with Gasteiger partial charge in [-0.15, -0.1) is 0 Å². The Balaban J connectivity index is 1.92. The van der Waals surface area contributed by atoms with E-state index in [1.54, 1.807) is 0 Å². The van der Waals surface area contributed by atoms with E-state index in [0.717, 1.165) is 17.8 Å². The van der Waals surface area contributed by atoms with Gasteiger partial charge in [0.2, 0.25) is 5.91 Å². The number of rotatable bonds is 4. The van der Waals surface area contributed by atoms with Crippen LogP contribution in [0, 0.1) is 11.6 Å². The molecule has 0 atom stereocenters. The molecule has 0 aliphatic carbocycles. The van der Waals surface area contributed by atoms with Gasteiger partial charge in [0.05, 0.1) is 12.2 Å². The number of aromatic amines is 1. The molecule has 0 radical (unpaired) electrons. The average molecular weight is 360 g/mol. The molecule has 1 fully saturated rings. The average Bonchev–Trinajstić information content (AvgIpc) is 2.97. The third kappa shape index (κ3) is 3.79. The Morgan fingerprint density at radius 3 is 2.69 bits per heavy atom. The summed E-state index contributed by atoms with van der Waals surface area (Å²) in [5.41, 5.74) is 1.98. The molecule has 0 unspecified atom stereocenters. The molecule has 3 N–H and O–H groups in total. The fourth-order valence-corrected chi connectivity index (χ4v) is 2.68.